The Kier molecular flexibility index (Phi) is 7.09. The molecule has 1 aromatic carbocycles. The topological polar surface area (TPSA) is 87.9 Å². The smallest absolute Gasteiger partial charge is 0.274 e. The van der Waals surface area contributed by atoms with Crippen molar-refractivity contribution < 1.29 is 19.4 Å². The molecule has 1 N–H and O–H groups in total. The quantitative estimate of drug-likeness (QED) is 0.711. The average molecular weight is 481 g/mol. The van der Waals surface area contributed by atoms with Crippen LogP contribution >= 0.6 is 0 Å². The van der Waals surface area contributed by atoms with Crippen LogP contribution in [0.5, 0.6) is 5.75 Å². The van der Waals surface area contributed by atoms with Crippen molar-refractivity contribution in [2.75, 3.05) is 26.2 Å². The van der Waals surface area contributed by atoms with Gasteiger partial charge in [0.2, 0.25) is 5.91 Å². The highest BCUT2D eigenvalue weighted by atomic mass is 16.5. The van der Waals surface area contributed by atoms with E-state index in [1.807, 2.05) is 36.1 Å². The van der Waals surface area contributed by atoms with Crippen molar-refractivity contribution in [2.45, 2.75) is 77.0 Å². The minimum atomic E-state index is -0.325. The molecule has 3 aliphatic rings. The maximum absolute atomic E-state index is 13.2. The van der Waals surface area contributed by atoms with Crippen LogP contribution in [0.25, 0.3) is 0 Å². The zero-order chi connectivity index (χ0) is 24.4. The second-order valence-corrected chi connectivity index (χ2v) is 10.1. The summed E-state index contributed by atoms with van der Waals surface area (Å²) in [5.41, 5.74) is 3.70. The van der Waals surface area contributed by atoms with Gasteiger partial charge in [0.15, 0.2) is 5.69 Å². The maximum atomic E-state index is 13.2. The van der Waals surface area contributed by atoms with E-state index in [4.69, 9.17) is 9.84 Å². The second-order valence-electron chi connectivity index (χ2n) is 10.1. The molecule has 2 saturated heterocycles. The molecule has 2 aromatic rings. The minimum Gasteiger partial charge on any atom is -0.490 e. The Balaban J connectivity index is 1.23. The fraction of sp³-hybridized carbons (Fsp3) is 0.593. The Morgan fingerprint density at radius 3 is 2.43 bits per heavy atom. The number of carbonyl (C=O) groups is 2. The van der Waals surface area contributed by atoms with Crippen LogP contribution in [0.4, 0.5) is 0 Å². The molecule has 0 spiro atoms. The number of amides is 2. The number of aliphatic hydroxyl groups is 1. The normalized spacial score (nSPS) is 19.5. The van der Waals surface area contributed by atoms with E-state index in [-0.39, 0.29) is 30.6 Å². The van der Waals surface area contributed by atoms with E-state index in [2.05, 4.69) is 0 Å². The number of carbonyl (C=O) groups excluding carboxylic acids is 2. The molecule has 2 fully saturated rings. The van der Waals surface area contributed by atoms with E-state index in [0.717, 1.165) is 61.1 Å². The molecular weight excluding hydrogens is 444 g/mol. The SMILES string of the molecule is Cc1ccccc1OC1CCN(C(=O)Cn2nc(C(=O)N3CCC(O)CC3)c3c2CCCC3)CC1. The standard InChI is InChI=1S/C27H36N4O4/c1-19-6-2-5-9-24(19)35-21-12-16-29(17-13-21)25(33)18-31-23-8-4-3-7-22(23)26(28-31)27(34)30-14-10-20(32)11-15-30/h2,5-6,9,20-21,32H,3-4,7-8,10-18H2,1H3. The van der Waals surface area contributed by atoms with Gasteiger partial charge in [-0.25, -0.2) is 0 Å². The number of fused-ring (bicyclic) bond motifs is 1. The number of rotatable bonds is 5. The van der Waals surface area contributed by atoms with E-state index >= 15 is 0 Å². The fourth-order valence-electron chi connectivity index (χ4n) is 5.51. The molecule has 2 aliphatic heterocycles. The van der Waals surface area contributed by atoms with Crippen LogP contribution in [0.15, 0.2) is 24.3 Å². The molecule has 8 heteroatoms. The molecule has 0 unspecified atom stereocenters. The number of piperidine rings is 2. The number of aromatic nitrogens is 2. The lowest BCUT2D eigenvalue weighted by Crippen LogP contribution is -2.43. The van der Waals surface area contributed by atoms with Gasteiger partial charge < -0.3 is 19.6 Å². The Morgan fingerprint density at radius 1 is 1.00 bits per heavy atom. The number of hydrogen-bond donors (Lipinski definition) is 1. The highest BCUT2D eigenvalue weighted by Crippen LogP contribution is 2.27. The first-order chi connectivity index (χ1) is 17.0. The molecule has 5 rings (SSSR count). The first kappa shape index (κ1) is 23.9. The monoisotopic (exact) mass is 480 g/mol. The summed E-state index contributed by atoms with van der Waals surface area (Å²) in [7, 11) is 0. The summed E-state index contributed by atoms with van der Waals surface area (Å²) < 4.78 is 7.98. The van der Waals surface area contributed by atoms with Gasteiger partial charge in [0.05, 0.1) is 6.10 Å². The molecule has 2 amide bonds. The molecule has 1 aromatic heterocycles. The summed E-state index contributed by atoms with van der Waals surface area (Å²) in [4.78, 5) is 30.1. The first-order valence-electron chi connectivity index (χ1n) is 13.1. The van der Waals surface area contributed by atoms with Crippen molar-refractivity contribution in [3.05, 3.63) is 46.8 Å². The van der Waals surface area contributed by atoms with E-state index in [9.17, 15) is 14.7 Å². The Bertz CT molecular complexity index is 1070. The van der Waals surface area contributed by atoms with Crippen LogP contribution < -0.4 is 4.74 Å². The van der Waals surface area contributed by atoms with Gasteiger partial charge >= 0.3 is 0 Å². The molecule has 0 bridgehead atoms. The fourth-order valence-corrected chi connectivity index (χ4v) is 5.51. The lowest BCUT2D eigenvalue weighted by atomic mass is 9.95. The van der Waals surface area contributed by atoms with Gasteiger partial charge in [-0.05, 0) is 57.1 Å². The third kappa shape index (κ3) is 5.22. The summed E-state index contributed by atoms with van der Waals surface area (Å²) in [6, 6.07) is 8.04. The average Bonchev–Trinajstić information content (AvgIpc) is 3.24. The molecule has 8 nitrogen and oxygen atoms in total. The third-order valence-corrected chi connectivity index (χ3v) is 7.68. The summed E-state index contributed by atoms with van der Waals surface area (Å²) >= 11 is 0. The van der Waals surface area contributed by atoms with Gasteiger partial charge in [0, 0.05) is 50.3 Å². The predicted molar refractivity (Wildman–Crippen MR) is 131 cm³/mol. The Morgan fingerprint density at radius 2 is 1.69 bits per heavy atom. The molecule has 188 valence electrons. The van der Waals surface area contributed by atoms with Crippen LogP contribution in [-0.4, -0.2) is 74.9 Å². The summed E-state index contributed by atoms with van der Waals surface area (Å²) in [6.45, 7) is 4.67. The maximum Gasteiger partial charge on any atom is 0.274 e. The molecular formula is C27H36N4O4. The van der Waals surface area contributed by atoms with Gasteiger partial charge in [0.25, 0.3) is 5.91 Å². The number of likely N-dealkylation sites (tertiary alicyclic amines) is 2. The molecule has 0 atom stereocenters. The molecule has 0 radical (unpaired) electrons. The van der Waals surface area contributed by atoms with Crippen LogP contribution in [0, 0.1) is 6.92 Å². The van der Waals surface area contributed by atoms with Crippen molar-refractivity contribution >= 4 is 11.8 Å². The lowest BCUT2D eigenvalue weighted by molar-refractivity contribution is -0.133. The number of para-hydroxylation sites is 1. The van der Waals surface area contributed by atoms with Gasteiger partial charge in [-0.2, -0.15) is 5.10 Å². The number of nitrogens with zero attached hydrogens (tertiary/aromatic N) is 4. The molecule has 35 heavy (non-hydrogen) atoms. The Hall–Kier alpha value is -2.87. The van der Waals surface area contributed by atoms with Crippen molar-refractivity contribution in [2.24, 2.45) is 0 Å². The van der Waals surface area contributed by atoms with Gasteiger partial charge in [0.1, 0.15) is 18.4 Å². The molecule has 3 heterocycles. The van der Waals surface area contributed by atoms with E-state index in [1.54, 1.807) is 9.58 Å². The highest BCUT2D eigenvalue weighted by molar-refractivity contribution is 5.94. The van der Waals surface area contributed by atoms with Gasteiger partial charge in [-0.3, -0.25) is 14.3 Å². The predicted octanol–water partition coefficient (Wildman–Crippen LogP) is 2.74. The number of aliphatic hydroxyl groups excluding tert-OH is 1. The van der Waals surface area contributed by atoms with Crippen LogP contribution in [0.3, 0.4) is 0 Å². The zero-order valence-electron chi connectivity index (χ0n) is 20.6. The van der Waals surface area contributed by atoms with Crippen LogP contribution in [0.2, 0.25) is 0 Å². The Labute approximate surface area is 206 Å². The number of benzene rings is 1. The molecule has 0 saturated carbocycles. The van der Waals surface area contributed by atoms with Crippen molar-refractivity contribution in [1.29, 1.82) is 0 Å². The van der Waals surface area contributed by atoms with Crippen LogP contribution in [0.1, 0.15) is 65.8 Å². The van der Waals surface area contributed by atoms with Crippen LogP contribution in [-0.2, 0) is 24.2 Å². The van der Waals surface area contributed by atoms with Gasteiger partial charge in [-0.1, -0.05) is 18.2 Å². The van der Waals surface area contributed by atoms with Crippen molar-refractivity contribution in [3.63, 3.8) is 0 Å². The molecule has 1 aliphatic carbocycles. The minimum absolute atomic E-state index is 0.0512. The van der Waals surface area contributed by atoms with Gasteiger partial charge in [-0.15, -0.1) is 0 Å². The summed E-state index contributed by atoms with van der Waals surface area (Å²) in [5, 5.41) is 14.5. The number of aryl methyl sites for hydroxylation is 1. The van der Waals surface area contributed by atoms with E-state index < -0.39 is 0 Å². The van der Waals surface area contributed by atoms with E-state index in [0.29, 0.717) is 44.7 Å². The van der Waals surface area contributed by atoms with Crippen molar-refractivity contribution in [3.8, 4) is 5.75 Å². The highest BCUT2D eigenvalue weighted by Gasteiger charge is 2.31. The van der Waals surface area contributed by atoms with E-state index in [1.165, 1.54) is 0 Å². The number of hydrogen-bond acceptors (Lipinski definition) is 5. The zero-order valence-corrected chi connectivity index (χ0v) is 20.6. The first-order valence-corrected chi connectivity index (χ1v) is 13.1. The largest absolute Gasteiger partial charge is 0.490 e. The second kappa shape index (κ2) is 10.4. The number of ether oxygens (including phenoxy) is 1. The lowest BCUT2D eigenvalue weighted by Gasteiger charge is -2.32. The third-order valence-electron chi connectivity index (χ3n) is 7.68. The summed E-state index contributed by atoms with van der Waals surface area (Å²) in [6.07, 6.45) is 6.41. The summed E-state index contributed by atoms with van der Waals surface area (Å²) in [5.74, 6) is 0.909. The van der Waals surface area contributed by atoms with Crippen molar-refractivity contribution in [1.82, 2.24) is 19.6 Å².